The van der Waals surface area contributed by atoms with Crippen LogP contribution in [0.4, 0.5) is 74.6 Å². The van der Waals surface area contributed by atoms with Crippen LogP contribution >= 0.6 is 0 Å². The molecule has 0 fully saturated rings. The van der Waals surface area contributed by atoms with Crippen LogP contribution in [-0.4, -0.2) is 78.5 Å². The van der Waals surface area contributed by atoms with Gasteiger partial charge in [-0.25, -0.2) is 30.7 Å². The lowest BCUT2D eigenvalue weighted by Crippen LogP contribution is -2.71. The third-order valence-corrected chi connectivity index (χ3v) is 3.70. The normalized spacial score (nSPS) is 20.6. The maximum atomic E-state index is 13.5. The Morgan fingerprint density at radius 1 is 0.562 bits per heavy atom. The van der Waals surface area contributed by atoms with E-state index in [1.54, 1.807) is 0 Å². The number of aliphatic hydroxyl groups excluding tert-OH is 1. The second-order valence-corrected chi connectivity index (χ2v) is 6.09. The third-order valence-electron chi connectivity index (χ3n) is 3.70. The lowest BCUT2D eigenvalue weighted by atomic mass is 9.89. The molecule has 0 amide bonds. The molecule has 0 aromatic heterocycles. The van der Waals surface area contributed by atoms with Crippen molar-refractivity contribution >= 4 is 0 Å². The van der Waals surface area contributed by atoms with Crippen LogP contribution in [-0.2, 0) is 4.74 Å². The lowest BCUT2D eigenvalue weighted by Gasteiger charge is -2.41. The topological polar surface area (TPSA) is 29.5 Å². The van der Waals surface area contributed by atoms with Crippen LogP contribution < -0.4 is 0 Å². The number of aliphatic hydroxyl groups is 1. The summed E-state index contributed by atoms with van der Waals surface area (Å²) in [7, 11) is 0. The monoisotopic (exact) mass is 522 g/mol. The molecule has 0 saturated heterocycles. The van der Waals surface area contributed by atoms with Gasteiger partial charge in [-0.15, -0.1) is 0 Å². The van der Waals surface area contributed by atoms with Crippen LogP contribution in [0.15, 0.2) is 0 Å². The first-order valence-corrected chi connectivity index (χ1v) is 7.63. The first-order chi connectivity index (χ1) is 13.9. The van der Waals surface area contributed by atoms with E-state index >= 15 is 0 Å². The van der Waals surface area contributed by atoms with Gasteiger partial charge in [0, 0.05) is 0 Å². The highest BCUT2D eigenvalue weighted by Crippen LogP contribution is 2.59. The molecule has 6 unspecified atom stereocenters. The van der Waals surface area contributed by atoms with Crippen LogP contribution in [0.3, 0.4) is 0 Å². The minimum atomic E-state index is -8.17. The fraction of sp³-hybridized carbons (Fsp3) is 1.00. The van der Waals surface area contributed by atoms with Crippen molar-refractivity contribution in [2.45, 2.75) is 80.3 Å². The van der Waals surface area contributed by atoms with E-state index < -0.39 is 73.4 Å². The summed E-state index contributed by atoms with van der Waals surface area (Å²) in [6.07, 6.45) is -32.5. The molecule has 194 valence electrons. The number of ether oxygens (including phenoxy) is 1. The van der Waals surface area contributed by atoms with Crippen molar-refractivity contribution in [3.05, 3.63) is 0 Å². The van der Waals surface area contributed by atoms with Gasteiger partial charge in [0.2, 0.25) is 6.17 Å². The average Bonchev–Trinajstić information content (AvgIpc) is 2.63. The molecule has 0 rings (SSSR count). The van der Waals surface area contributed by atoms with Crippen molar-refractivity contribution in [2.75, 3.05) is 0 Å². The summed E-state index contributed by atoms with van der Waals surface area (Å²) < 4.78 is 226. The maximum Gasteiger partial charge on any atom is 0.384 e. The summed E-state index contributed by atoms with van der Waals surface area (Å²) in [5.74, 6) is -38.9. The molecule has 6 atom stereocenters. The van der Waals surface area contributed by atoms with Crippen molar-refractivity contribution in [1.82, 2.24) is 0 Å². The molecular formula is C13H11F17O2. The minimum Gasteiger partial charge on any atom is -0.368 e. The minimum absolute atomic E-state index is 0.224. The molecule has 0 heterocycles. The van der Waals surface area contributed by atoms with E-state index in [-0.39, 0.29) is 6.92 Å². The predicted molar refractivity (Wildman–Crippen MR) is 68.0 cm³/mol. The molecule has 1 N–H and O–H groups in total. The van der Waals surface area contributed by atoms with Gasteiger partial charge >= 0.3 is 29.6 Å². The lowest BCUT2D eigenvalue weighted by molar-refractivity contribution is -0.428. The van der Waals surface area contributed by atoms with Gasteiger partial charge in [0.15, 0.2) is 24.8 Å². The third kappa shape index (κ3) is 4.96. The summed E-state index contributed by atoms with van der Waals surface area (Å²) >= 11 is 0. The van der Waals surface area contributed by atoms with Crippen molar-refractivity contribution in [1.29, 1.82) is 0 Å². The fourth-order valence-electron chi connectivity index (χ4n) is 1.87. The van der Waals surface area contributed by atoms with Gasteiger partial charge in [0.25, 0.3) is 12.8 Å². The number of hydrogen-bond acceptors (Lipinski definition) is 2. The van der Waals surface area contributed by atoms with Crippen LogP contribution in [0.5, 0.6) is 0 Å². The fourth-order valence-corrected chi connectivity index (χ4v) is 1.87. The van der Waals surface area contributed by atoms with Crippen LogP contribution in [0.25, 0.3) is 0 Å². The number of hydrogen-bond donors (Lipinski definition) is 1. The van der Waals surface area contributed by atoms with Crippen molar-refractivity contribution in [3.8, 4) is 0 Å². The Kier molecular flexibility index (Phi) is 9.16. The van der Waals surface area contributed by atoms with Crippen LogP contribution in [0.1, 0.15) is 6.92 Å². The van der Waals surface area contributed by atoms with E-state index in [1.807, 2.05) is 0 Å². The Balaban J connectivity index is 6.26. The molecule has 0 bridgehead atoms. The molecule has 0 aliphatic rings. The van der Waals surface area contributed by atoms with E-state index in [2.05, 4.69) is 4.74 Å². The molecular weight excluding hydrogens is 511 g/mol. The molecule has 2 nitrogen and oxygen atoms in total. The first-order valence-electron chi connectivity index (χ1n) is 7.63. The molecule has 0 aliphatic carbocycles. The van der Waals surface area contributed by atoms with Crippen molar-refractivity contribution < 1.29 is 84.5 Å². The van der Waals surface area contributed by atoms with E-state index in [0.29, 0.717) is 0 Å². The van der Waals surface area contributed by atoms with E-state index in [1.165, 1.54) is 0 Å². The number of alkyl halides is 17. The molecule has 32 heavy (non-hydrogen) atoms. The quantitative estimate of drug-likeness (QED) is 0.274. The highest BCUT2D eigenvalue weighted by Gasteiger charge is 2.89. The van der Waals surface area contributed by atoms with Crippen LogP contribution in [0.2, 0.25) is 0 Å². The molecule has 0 radical (unpaired) electrons. The second kappa shape index (κ2) is 9.54. The summed E-state index contributed by atoms with van der Waals surface area (Å²) in [6, 6.07) is 0. The Hall–Kier alpha value is -1.27. The largest absolute Gasteiger partial charge is 0.384 e. The van der Waals surface area contributed by atoms with Gasteiger partial charge in [-0.1, -0.05) is 0 Å². The van der Waals surface area contributed by atoms with Gasteiger partial charge in [0.05, 0.1) is 0 Å². The molecule has 19 heteroatoms. The van der Waals surface area contributed by atoms with Gasteiger partial charge in [-0.2, -0.15) is 43.9 Å². The molecule has 0 aliphatic heterocycles. The summed E-state index contributed by atoms with van der Waals surface area (Å²) in [4.78, 5) is 0. The van der Waals surface area contributed by atoms with Gasteiger partial charge in [-0.05, 0) is 6.92 Å². The summed E-state index contributed by atoms with van der Waals surface area (Å²) in [5, 5.41) is 8.41. The first kappa shape index (κ1) is 30.7. The zero-order chi connectivity index (χ0) is 26.2. The standard InChI is InChI=1S/C13H11F17O2/c1-2(31)32-8(20)10(23,24)12(27,28)13(29,30)11(25,26)9(21,22)6(17)4(15)3(14)5(16)7(18)19/h2-8,31H,1H3. The Morgan fingerprint density at radius 3 is 1.28 bits per heavy atom. The van der Waals surface area contributed by atoms with Crippen molar-refractivity contribution in [2.24, 2.45) is 0 Å². The molecule has 0 spiro atoms. The second-order valence-electron chi connectivity index (χ2n) is 6.09. The van der Waals surface area contributed by atoms with Crippen molar-refractivity contribution in [3.63, 3.8) is 0 Å². The highest BCUT2D eigenvalue weighted by atomic mass is 19.4. The average molecular weight is 522 g/mol. The Labute approximate surface area is 166 Å². The predicted octanol–water partition coefficient (Wildman–Crippen LogP) is 5.43. The SMILES string of the molecule is CC(O)OC(F)C(F)(F)C(F)(F)C(F)(F)C(F)(F)C(F)(F)C(F)C(F)C(F)C(F)C(F)F. The molecule has 0 saturated carbocycles. The van der Waals surface area contributed by atoms with E-state index in [0.717, 1.165) is 0 Å². The highest BCUT2D eigenvalue weighted by molar-refractivity contribution is 5.12. The Morgan fingerprint density at radius 2 is 0.938 bits per heavy atom. The van der Waals surface area contributed by atoms with E-state index in [9.17, 15) is 74.6 Å². The van der Waals surface area contributed by atoms with Gasteiger partial charge in [0.1, 0.15) is 0 Å². The molecule has 0 aromatic rings. The van der Waals surface area contributed by atoms with Crippen LogP contribution in [0, 0.1) is 0 Å². The zero-order valence-corrected chi connectivity index (χ0v) is 14.8. The molecule has 0 aromatic carbocycles. The maximum absolute atomic E-state index is 13.5. The summed E-state index contributed by atoms with van der Waals surface area (Å²) in [5.41, 5.74) is 0. The number of halogens is 17. The zero-order valence-electron chi connectivity index (χ0n) is 14.8. The van der Waals surface area contributed by atoms with E-state index in [4.69, 9.17) is 5.11 Å². The van der Waals surface area contributed by atoms with Gasteiger partial charge in [-0.3, -0.25) is 0 Å². The smallest absolute Gasteiger partial charge is 0.368 e. The number of rotatable bonds is 12. The summed E-state index contributed by atoms with van der Waals surface area (Å²) in [6.45, 7) is 0.224. The van der Waals surface area contributed by atoms with Gasteiger partial charge < -0.3 is 9.84 Å². The Bertz CT molecular complexity index is 609.